The first-order valence-electron chi connectivity index (χ1n) is 6.98. The molecule has 3 heterocycles. The van der Waals surface area contributed by atoms with E-state index in [0.717, 1.165) is 34.2 Å². The van der Waals surface area contributed by atoms with Crippen molar-refractivity contribution in [2.24, 2.45) is 0 Å². The van der Waals surface area contributed by atoms with E-state index in [2.05, 4.69) is 15.5 Å². The van der Waals surface area contributed by atoms with Crippen molar-refractivity contribution in [2.75, 3.05) is 5.32 Å². The first-order valence-corrected chi connectivity index (χ1v) is 8.74. The van der Waals surface area contributed by atoms with Gasteiger partial charge in [0.25, 0.3) is 5.91 Å². The summed E-state index contributed by atoms with van der Waals surface area (Å²) in [5.41, 5.74) is 1.47. The standard InChI is InChI=1S/C15H13N3O2S2/c1-8-11(16-14(19)10-4-5-21-7-10)6-12(22-8)13-17-15(20-18-13)9-2-3-9/h4-7,9H,2-3H2,1H3,(H,16,19). The van der Waals surface area contributed by atoms with E-state index in [9.17, 15) is 4.79 Å². The molecule has 1 fully saturated rings. The van der Waals surface area contributed by atoms with Gasteiger partial charge in [0, 0.05) is 16.2 Å². The molecule has 0 radical (unpaired) electrons. The maximum Gasteiger partial charge on any atom is 0.256 e. The number of rotatable bonds is 4. The Balaban J connectivity index is 1.56. The second-order valence-corrected chi connectivity index (χ2v) is 7.31. The van der Waals surface area contributed by atoms with Gasteiger partial charge >= 0.3 is 0 Å². The van der Waals surface area contributed by atoms with Crippen LogP contribution in [0, 0.1) is 6.92 Å². The summed E-state index contributed by atoms with van der Waals surface area (Å²) in [6.45, 7) is 1.97. The molecule has 3 aromatic heterocycles. The Morgan fingerprint density at radius 3 is 3.05 bits per heavy atom. The average molecular weight is 331 g/mol. The van der Waals surface area contributed by atoms with Gasteiger partial charge in [-0.3, -0.25) is 4.79 Å². The number of hydrogen-bond acceptors (Lipinski definition) is 6. The Hall–Kier alpha value is -1.99. The van der Waals surface area contributed by atoms with Gasteiger partial charge in [0.15, 0.2) is 0 Å². The summed E-state index contributed by atoms with van der Waals surface area (Å²) in [7, 11) is 0. The summed E-state index contributed by atoms with van der Waals surface area (Å²) >= 11 is 3.06. The number of carbonyl (C=O) groups excluding carboxylic acids is 1. The summed E-state index contributed by atoms with van der Waals surface area (Å²) in [4.78, 5) is 18.5. The largest absolute Gasteiger partial charge is 0.339 e. The Morgan fingerprint density at radius 1 is 1.45 bits per heavy atom. The lowest BCUT2D eigenvalue weighted by Crippen LogP contribution is -2.10. The predicted molar refractivity (Wildman–Crippen MR) is 86.6 cm³/mol. The van der Waals surface area contributed by atoms with Gasteiger partial charge in [0.1, 0.15) is 0 Å². The number of hydrogen-bond donors (Lipinski definition) is 1. The summed E-state index contributed by atoms with van der Waals surface area (Å²) in [5, 5.41) is 10.7. The van der Waals surface area contributed by atoms with Crippen LogP contribution in [0.5, 0.6) is 0 Å². The molecule has 112 valence electrons. The van der Waals surface area contributed by atoms with Crippen molar-refractivity contribution in [3.05, 3.63) is 39.2 Å². The molecule has 1 saturated carbocycles. The number of aromatic nitrogens is 2. The van der Waals surface area contributed by atoms with Gasteiger partial charge < -0.3 is 9.84 Å². The topological polar surface area (TPSA) is 68.0 Å². The summed E-state index contributed by atoms with van der Waals surface area (Å²) in [6, 6.07) is 3.72. The minimum Gasteiger partial charge on any atom is -0.339 e. The lowest BCUT2D eigenvalue weighted by Gasteiger charge is -2.01. The van der Waals surface area contributed by atoms with Gasteiger partial charge in [-0.1, -0.05) is 5.16 Å². The fraction of sp³-hybridized carbons (Fsp3) is 0.267. The SMILES string of the molecule is Cc1sc(-c2noc(C3CC3)n2)cc1NC(=O)c1ccsc1. The molecule has 1 aliphatic rings. The lowest BCUT2D eigenvalue weighted by molar-refractivity contribution is 0.102. The van der Waals surface area contributed by atoms with Crippen LogP contribution in [-0.2, 0) is 0 Å². The molecule has 4 rings (SSSR count). The molecular formula is C15H13N3O2S2. The van der Waals surface area contributed by atoms with Crippen molar-refractivity contribution >= 4 is 34.3 Å². The zero-order valence-corrected chi connectivity index (χ0v) is 13.5. The second-order valence-electron chi connectivity index (χ2n) is 5.28. The number of amides is 1. The molecule has 0 aliphatic heterocycles. The highest BCUT2D eigenvalue weighted by Gasteiger charge is 2.30. The van der Waals surface area contributed by atoms with Crippen LogP contribution >= 0.6 is 22.7 Å². The Bertz CT molecular complexity index is 816. The van der Waals surface area contributed by atoms with Crippen LogP contribution in [0.25, 0.3) is 10.7 Å². The highest BCUT2D eigenvalue weighted by Crippen LogP contribution is 2.40. The molecular weight excluding hydrogens is 318 g/mol. The monoisotopic (exact) mass is 331 g/mol. The molecule has 1 N–H and O–H groups in total. The number of thiophene rings is 2. The number of carbonyl (C=O) groups is 1. The average Bonchev–Trinajstić information content (AvgIpc) is 2.96. The Labute approximate surface area is 135 Å². The van der Waals surface area contributed by atoms with E-state index in [1.165, 1.54) is 11.3 Å². The zero-order valence-electron chi connectivity index (χ0n) is 11.8. The molecule has 0 atom stereocenters. The van der Waals surface area contributed by atoms with Crippen LogP contribution in [-0.4, -0.2) is 16.0 Å². The van der Waals surface area contributed by atoms with Crippen molar-refractivity contribution < 1.29 is 9.32 Å². The van der Waals surface area contributed by atoms with E-state index in [-0.39, 0.29) is 5.91 Å². The minimum absolute atomic E-state index is 0.0968. The number of aryl methyl sites for hydroxylation is 1. The first kappa shape index (κ1) is 13.7. The molecule has 0 saturated heterocycles. The molecule has 22 heavy (non-hydrogen) atoms. The molecule has 0 aromatic carbocycles. The normalized spacial score (nSPS) is 14.2. The van der Waals surface area contributed by atoms with E-state index in [1.54, 1.807) is 11.3 Å². The van der Waals surface area contributed by atoms with Crippen molar-refractivity contribution in [1.82, 2.24) is 10.1 Å². The highest BCUT2D eigenvalue weighted by atomic mass is 32.1. The summed E-state index contributed by atoms with van der Waals surface area (Å²) < 4.78 is 5.29. The molecule has 7 heteroatoms. The van der Waals surface area contributed by atoms with E-state index in [0.29, 0.717) is 17.3 Å². The van der Waals surface area contributed by atoms with Crippen molar-refractivity contribution in [3.8, 4) is 10.7 Å². The van der Waals surface area contributed by atoms with Crippen LogP contribution in [0.2, 0.25) is 0 Å². The molecule has 5 nitrogen and oxygen atoms in total. The lowest BCUT2D eigenvalue weighted by atomic mass is 10.3. The molecule has 0 spiro atoms. The third-order valence-electron chi connectivity index (χ3n) is 3.54. The van der Waals surface area contributed by atoms with Crippen LogP contribution in [0.15, 0.2) is 27.4 Å². The van der Waals surface area contributed by atoms with E-state index in [4.69, 9.17) is 4.52 Å². The number of anilines is 1. The minimum atomic E-state index is -0.0968. The van der Waals surface area contributed by atoms with Crippen LogP contribution in [0.3, 0.4) is 0 Å². The summed E-state index contributed by atoms with van der Waals surface area (Å²) in [6.07, 6.45) is 2.26. The molecule has 0 unspecified atom stereocenters. The molecule has 1 aliphatic carbocycles. The van der Waals surface area contributed by atoms with E-state index >= 15 is 0 Å². The smallest absolute Gasteiger partial charge is 0.256 e. The molecule has 1 amide bonds. The third-order valence-corrected chi connectivity index (χ3v) is 5.27. The Kier molecular flexibility index (Phi) is 3.31. The first-order chi connectivity index (χ1) is 10.7. The van der Waals surface area contributed by atoms with Gasteiger partial charge in [0.05, 0.1) is 16.1 Å². The van der Waals surface area contributed by atoms with Gasteiger partial charge in [-0.05, 0) is 37.3 Å². The van der Waals surface area contributed by atoms with Gasteiger partial charge in [-0.2, -0.15) is 16.3 Å². The van der Waals surface area contributed by atoms with Crippen LogP contribution in [0.1, 0.15) is 39.9 Å². The zero-order chi connectivity index (χ0) is 15.1. The molecule has 3 aromatic rings. The van der Waals surface area contributed by atoms with Crippen LogP contribution < -0.4 is 5.32 Å². The highest BCUT2D eigenvalue weighted by molar-refractivity contribution is 7.16. The van der Waals surface area contributed by atoms with Crippen molar-refractivity contribution in [2.45, 2.75) is 25.7 Å². The Morgan fingerprint density at radius 2 is 2.32 bits per heavy atom. The fourth-order valence-corrected chi connectivity index (χ4v) is 3.67. The van der Waals surface area contributed by atoms with Crippen molar-refractivity contribution in [1.29, 1.82) is 0 Å². The van der Waals surface area contributed by atoms with Crippen molar-refractivity contribution in [3.63, 3.8) is 0 Å². The van der Waals surface area contributed by atoms with E-state index in [1.807, 2.05) is 29.8 Å². The fourth-order valence-electron chi connectivity index (χ4n) is 2.14. The summed E-state index contributed by atoms with van der Waals surface area (Å²) in [5.74, 6) is 1.68. The molecule has 0 bridgehead atoms. The van der Waals surface area contributed by atoms with Crippen LogP contribution in [0.4, 0.5) is 5.69 Å². The number of nitrogens with one attached hydrogen (secondary N) is 1. The third kappa shape index (κ3) is 2.57. The number of nitrogens with zero attached hydrogens (tertiary/aromatic N) is 2. The maximum absolute atomic E-state index is 12.1. The van der Waals surface area contributed by atoms with Gasteiger partial charge in [-0.15, -0.1) is 11.3 Å². The predicted octanol–water partition coefficient (Wildman–Crippen LogP) is 4.30. The van der Waals surface area contributed by atoms with Gasteiger partial charge in [0.2, 0.25) is 11.7 Å². The quantitative estimate of drug-likeness (QED) is 0.774. The van der Waals surface area contributed by atoms with E-state index < -0.39 is 0 Å². The van der Waals surface area contributed by atoms with Gasteiger partial charge in [-0.25, -0.2) is 0 Å². The maximum atomic E-state index is 12.1. The second kappa shape index (κ2) is 5.33.